The Morgan fingerprint density at radius 2 is 1.95 bits per heavy atom. The Labute approximate surface area is 125 Å². The van der Waals surface area contributed by atoms with Gasteiger partial charge in [0.15, 0.2) is 5.82 Å². The van der Waals surface area contributed by atoms with Crippen molar-refractivity contribution in [1.29, 1.82) is 0 Å². The van der Waals surface area contributed by atoms with Crippen LogP contribution >= 0.6 is 0 Å². The Balaban J connectivity index is 1.52. The van der Waals surface area contributed by atoms with Gasteiger partial charge in [-0.1, -0.05) is 18.0 Å². The van der Waals surface area contributed by atoms with E-state index in [0.29, 0.717) is 17.9 Å². The molecule has 0 aromatic carbocycles. The van der Waals surface area contributed by atoms with Gasteiger partial charge in [0.25, 0.3) is 0 Å². The van der Waals surface area contributed by atoms with Crippen molar-refractivity contribution in [1.82, 2.24) is 19.9 Å². The third-order valence-corrected chi connectivity index (χ3v) is 5.56. The summed E-state index contributed by atoms with van der Waals surface area (Å²) in [6, 6.07) is 0.324. The molecule has 1 aromatic heterocycles. The molecule has 6 nitrogen and oxygen atoms in total. The summed E-state index contributed by atoms with van der Waals surface area (Å²) in [6.45, 7) is 6.39. The summed E-state index contributed by atoms with van der Waals surface area (Å²) in [5, 5.41) is 4.31. The normalized spacial score (nSPS) is 39.6. The molecule has 3 unspecified atom stereocenters. The predicted molar refractivity (Wildman–Crippen MR) is 78.8 cm³/mol. The third-order valence-electron chi connectivity index (χ3n) is 5.56. The van der Waals surface area contributed by atoms with E-state index < -0.39 is 0 Å². The zero-order valence-electron chi connectivity index (χ0n) is 12.6. The fourth-order valence-electron chi connectivity index (χ4n) is 4.21. The molecule has 1 aromatic rings. The summed E-state index contributed by atoms with van der Waals surface area (Å²) in [7, 11) is 0. The van der Waals surface area contributed by atoms with Crippen LogP contribution in [0, 0.1) is 5.92 Å². The second-order valence-electron chi connectivity index (χ2n) is 6.73. The van der Waals surface area contributed by atoms with Crippen LogP contribution in [0.2, 0.25) is 0 Å². The van der Waals surface area contributed by atoms with Crippen LogP contribution in [0.3, 0.4) is 0 Å². The van der Waals surface area contributed by atoms with Crippen molar-refractivity contribution >= 4 is 0 Å². The first-order valence-corrected chi connectivity index (χ1v) is 8.35. The van der Waals surface area contributed by atoms with Crippen molar-refractivity contribution in [3.8, 4) is 0 Å². The summed E-state index contributed by atoms with van der Waals surface area (Å²) >= 11 is 0. The van der Waals surface area contributed by atoms with Crippen LogP contribution in [0.5, 0.6) is 0 Å². The van der Waals surface area contributed by atoms with Crippen LogP contribution in [0.4, 0.5) is 0 Å². The minimum atomic E-state index is 0.324. The van der Waals surface area contributed by atoms with Crippen molar-refractivity contribution in [2.24, 2.45) is 11.7 Å². The quantitative estimate of drug-likeness (QED) is 0.895. The van der Waals surface area contributed by atoms with E-state index in [1.54, 1.807) is 0 Å². The summed E-state index contributed by atoms with van der Waals surface area (Å²) in [5.41, 5.74) is 5.93. The Bertz CT molecular complexity index is 461. The maximum Gasteiger partial charge on any atom is 0.230 e. The highest BCUT2D eigenvalue weighted by Crippen LogP contribution is 2.37. The number of nitrogens with zero attached hydrogens (tertiary/aromatic N) is 4. The van der Waals surface area contributed by atoms with Gasteiger partial charge in [-0.05, 0) is 25.3 Å². The number of hydrogen-bond acceptors (Lipinski definition) is 6. The molecule has 0 spiro atoms. The monoisotopic (exact) mass is 291 g/mol. The number of nitrogens with two attached hydrogens (primary N) is 1. The molecule has 4 aliphatic rings. The maximum absolute atomic E-state index is 5.93. The van der Waals surface area contributed by atoms with Crippen LogP contribution < -0.4 is 5.73 Å². The summed E-state index contributed by atoms with van der Waals surface area (Å²) in [6.07, 6.45) is 4.87. The van der Waals surface area contributed by atoms with E-state index in [9.17, 15) is 0 Å². The van der Waals surface area contributed by atoms with E-state index in [0.717, 1.165) is 44.3 Å². The van der Waals surface area contributed by atoms with Gasteiger partial charge >= 0.3 is 0 Å². The number of piperazine rings is 3. The second kappa shape index (κ2) is 5.66. The summed E-state index contributed by atoms with van der Waals surface area (Å²) in [5.74, 6) is 2.61. The SMILES string of the molecule is NCC1CCCCC1c1nc(C2CN3CCN2CC3)no1. The second-order valence-corrected chi connectivity index (χ2v) is 6.73. The van der Waals surface area contributed by atoms with Gasteiger partial charge in [0.2, 0.25) is 5.89 Å². The van der Waals surface area contributed by atoms with Gasteiger partial charge in [0.05, 0.1) is 6.04 Å². The lowest BCUT2D eigenvalue weighted by Gasteiger charge is -2.46. The van der Waals surface area contributed by atoms with Crippen LogP contribution in [-0.2, 0) is 0 Å². The first-order valence-electron chi connectivity index (χ1n) is 8.35. The topological polar surface area (TPSA) is 71.4 Å². The van der Waals surface area contributed by atoms with Gasteiger partial charge in [0, 0.05) is 38.6 Å². The Morgan fingerprint density at radius 1 is 1.14 bits per heavy atom. The fraction of sp³-hybridized carbons (Fsp3) is 0.867. The maximum atomic E-state index is 5.93. The molecule has 6 heteroatoms. The lowest BCUT2D eigenvalue weighted by atomic mass is 9.79. The molecule has 0 amide bonds. The zero-order valence-corrected chi connectivity index (χ0v) is 12.6. The fourth-order valence-corrected chi connectivity index (χ4v) is 4.21. The van der Waals surface area contributed by atoms with Crippen LogP contribution in [0.15, 0.2) is 4.52 Å². The average molecular weight is 291 g/mol. The Kier molecular flexibility index (Phi) is 3.69. The number of hydrogen-bond donors (Lipinski definition) is 1. The van der Waals surface area contributed by atoms with Crippen LogP contribution in [0.1, 0.15) is 49.4 Å². The number of rotatable bonds is 3. The molecule has 116 valence electrons. The Morgan fingerprint density at radius 3 is 2.67 bits per heavy atom. The van der Waals surface area contributed by atoms with E-state index in [2.05, 4.69) is 15.0 Å². The smallest absolute Gasteiger partial charge is 0.230 e. The van der Waals surface area contributed by atoms with E-state index in [1.165, 1.54) is 32.4 Å². The van der Waals surface area contributed by atoms with E-state index >= 15 is 0 Å². The van der Waals surface area contributed by atoms with Crippen molar-refractivity contribution in [3.63, 3.8) is 0 Å². The molecular weight excluding hydrogens is 266 g/mol. The van der Waals surface area contributed by atoms with Gasteiger partial charge in [-0.2, -0.15) is 4.98 Å². The molecule has 0 radical (unpaired) electrons. The minimum Gasteiger partial charge on any atom is -0.339 e. The van der Waals surface area contributed by atoms with Crippen molar-refractivity contribution in [2.45, 2.75) is 37.6 Å². The molecule has 3 saturated heterocycles. The third kappa shape index (κ3) is 2.49. The molecule has 21 heavy (non-hydrogen) atoms. The molecule has 3 atom stereocenters. The number of fused-ring (bicyclic) bond motifs is 3. The first kappa shape index (κ1) is 13.7. The largest absolute Gasteiger partial charge is 0.339 e. The number of aromatic nitrogens is 2. The van der Waals surface area contributed by atoms with E-state index in [1.807, 2.05) is 0 Å². The van der Waals surface area contributed by atoms with Crippen molar-refractivity contribution in [2.75, 3.05) is 39.3 Å². The van der Waals surface area contributed by atoms with Gasteiger partial charge in [-0.25, -0.2) is 0 Å². The molecule has 1 saturated carbocycles. The molecule has 4 fully saturated rings. The van der Waals surface area contributed by atoms with Crippen LogP contribution in [0.25, 0.3) is 0 Å². The standard InChI is InChI=1S/C15H25N5O/c16-9-11-3-1-2-4-12(11)15-17-14(18-21-15)13-10-19-5-7-20(13)8-6-19/h11-13H,1-10,16H2. The molecule has 3 aliphatic heterocycles. The molecule has 4 heterocycles. The minimum absolute atomic E-state index is 0.324. The van der Waals surface area contributed by atoms with E-state index in [-0.39, 0.29) is 0 Å². The highest BCUT2D eigenvalue weighted by Gasteiger charge is 2.37. The van der Waals surface area contributed by atoms with Gasteiger partial charge in [-0.15, -0.1) is 0 Å². The molecule has 2 N–H and O–H groups in total. The highest BCUT2D eigenvalue weighted by atomic mass is 16.5. The highest BCUT2D eigenvalue weighted by molar-refractivity contribution is 5.05. The summed E-state index contributed by atoms with van der Waals surface area (Å²) < 4.78 is 5.64. The first-order chi connectivity index (χ1) is 10.3. The molecular formula is C15H25N5O. The Hall–Kier alpha value is -0.980. The van der Waals surface area contributed by atoms with Gasteiger partial charge in [0.1, 0.15) is 0 Å². The zero-order chi connectivity index (χ0) is 14.2. The van der Waals surface area contributed by atoms with Crippen molar-refractivity contribution in [3.05, 3.63) is 11.7 Å². The predicted octanol–water partition coefficient (Wildman–Crippen LogP) is 0.974. The van der Waals surface area contributed by atoms with Crippen LogP contribution in [-0.4, -0.2) is 59.2 Å². The molecule has 1 aliphatic carbocycles. The molecule has 2 bridgehead atoms. The lowest BCUT2D eigenvalue weighted by molar-refractivity contribution is 0.00781. The molecule has 5 rings (SSSR count). The van der Waals surface area contributed by atoms with Crippen molar-refractivity contribution < 1.29 is 4.52 Å². The summed E-state index contributed by atoms with van der Waals surface area (Å²) in [4.78, 5) is 9.77. The van der Waals surface area contributed by atoms with Gasteiger partial charge < -0.3 is 10.3 Å². The lowest BCUT2D eigenvalue weighted by Crippen LogP contribution is -2.57. The van der Waals surface area contributed by atoms with Gasteiger partial charge in [-0.3, -0.25) is 9.80 Å². The van der Waals surface area contributed by atoms with E-state index in [4.69, 9.17) is 15.2 Å². The average Bonchev–Trinajstić information content (AvgIpc) is 3.05.